The quantitative estimate of drug-likeness (QED) is 0.639. The number of nitro benzene ring substituents is 1. The minimum Gasteiger partial charge on any atom is -0.494 e. The summed E-state index contributed by atoms with van der Waals surface area (Å²) in [5, 5.41) is 10.9. The zero-order valence-corrected chi connectivity index (χ0v) is 13.7. The SMILES string of the molecule is CCOc1ccc(C(=O)NNC(=O)c2cccc([N+](=O)[O-])c2C)cc1. The van der Waals surface area contributed by atoms with Crippen molar-refractivity contribution in [3.05, 3.63) is 69.3 Å². The van der Waals surface area contributed by atoms with Crippen molar-refractivity contribution in [2.75, 3.05) is 6.61 Å². The number of hydrogen-bond acceptors (Lipinski definition) is 5. The number of hydrazine groups is 1. The van der Waals surface area contributed by atoms with Gasteiger partial charge < -0.3 is 4.74 Å². The molecule has 130 valence electrons. The first kappa shape index (κ1) is 17.9. The van der Waals surface area contributed by atoms with Crippen molar-refractivity contribution in [3.63, 3.8) is 0 Å². The molecule has 2 rings (SSSR count). The molecule has 0 bridgehead atoms. The molecular formula is C17H17N3O5. The minimum atomic E-state index is -0.638. The molecule has 0 aliphatic rings. The first-order chi connectivity index (χ1) is 11.9. The van der Waals surface area contributed by atoms with Gasteiger partial charge in [0.2, 0.25) is 0 Å². The Hall–Kier alpha value is -3.42. The zero-order valence-electron chi connectivity index (χ0n) is 13.7. The number of nitro groups is 1. The molecule has 0 aliphatic carbocycles. The van der Waals surface area contributed by atoms with E-state index in [9.17, 15) is 19.7 Å². The lowest BCUT2D eigenvalue weighted by molar-refractivity contribution is -0.385. The van der Waals surface area contributed by atoms with Gasteiger partial charge >= 0.3 is 0 Å². The van der Waals surface area contributed by atoms with Crippen molar-refractivity contribution >= 4 is 17.5 Å². The highest BCUT2D eigenvalue weighted by Gasteiger charge is 2.18. The van der Waals surface area contributed by atoms with E-state index in [4.69, 9.17) is 4.74 Å². The van der Waals surface area contributed by atoms with Crippen LogP contribution in [0, 0.1) is 17.0 Å². The van der Waals surface area contributed by atoms with E-state index in [-0.39, 0.29) is 16.8 Å². The molecule has 8 nitrogen and oxygen atoms in total. The summed E-state index contributed by atoms with van der Waals surface area (Å²) in [6, 6.07) is 10.6. The minimum absolute atomic E-state index is 0.112. The standard InChI is InChI=1S/C17H17N3O5/c1-3-25-13-9-7-12(8-10-13)16(21)18-19-17(22)14-5-4-6-15(11(14)2)20(23)24/h4-10H,3H2,1-2H3,(H,18,21)(H,19,22). The average molecular weight is 343 g/mol. The summed E-state index contributed by atoms with van der Waals surface area (Å²) < 4.78 is 5.28. The Bertz CT molecular complexity index is 802. The van der Waals surface area contributed by atoms with Crippen LogP contribution in [0.15, 0.2) is 42.5 Å². The van der Waals surface area contributed by atoms with Crippen molar-refractivity contribution in [1.82, 2.24) is 10.9 Å². The number of nitrogens with one attached hydrogen (secondary N) is 2. The average Bonchev–Trinajstić information content (AvgIpc) is 2.60. The maximum absolute atomic E-state index is 12.1. The number of amides is 2. The molecule has 0 atom stereocenters. The van der Waals surface area contributed by atoms with E-state index in [0.717, 1.165) is 0 Å². The predicted molar refractivity (Wildman–Crippen MR) is 90.4 cm³/mol. The highest BCUT2D eigenvalue weighted by Crippen LogP contribution is 2.20. The topological polar surface area (TPSA) is 111 Å². The molecule has 0 fully saturated rings. The smallest absolute Gasteiger partial charge is 0.273 e. The molecule has 0 saturated heterocycles. The van der Waals surface area contributed by atoms with Gasteiger partial charge in [0.05, 0.1) is 17.1 Å². The van der Waals surface area contributed by atoms with Crippen molar-refractivity contribution in [2.24, 2.45) is 0 Å². The highest BCUT2D eigenvalue weighted by molar-refractivity contribution is 6.00. The van der Waals surface area contributed by atoms with Crippen LogP contribution in [-0.4, -0.2) is 23.3 Å². The molecule has 2 N–H and O–H groups in total. The summed E-state index contributed by atoms with van der Waals surface area (Å²) in [5.41, 5.74) is 5.03. The molecule has 2 aromatic carbocycles. The molecule has 8 heteroatoms. The van der Waals surface area contributed by atoms with Gasteiger partial charge in [-0.15, -0.1) is 0 Å². The summed E-state index contributed by atoms with van der Waals surface area (Å²) in [6.07, 6.45) is 0. The molecule has 2 amide bonds. The van der Waals surface area contributed by atoms with Crippen molar-refractivity contribution < 1.29 is 19.2 Å². The Balaban J connectivity index is 2.03. The van der Waals surface area contributed by atoms with Gasteiger partial charge in [-0.1, -0.05) is 6.07 Å². The molecule has 0 saturated carbocycles. The maximum atomic E-state index is 12.1. The Labute approximate surface area is 143 Å². The Morgan fingerprint density at radius 2 is 1.72 bits per heavy atom. The summed E-state index contributed by atoms with van der Waals surface area (Å²) in [5.74, 6) is -0.518. The van der Waals surface area contributed by atoms with E-state index in [1.54, 1.807) is 24.3 Å². The van der Waals surface area contributed by atoms with Gasteiger partial charge in [-0.05, 0) is 44.2 Å². The largest absolute Gasteiger partial charge is 0.494 e. The van der Waals surface area contributed by atoms with Crippen molar-refractivity contribution in [1.29, 1.82) is 0 Å². The Morgan fingerprint density at radius 1 is 1.08 bits per heavy atom. The van der Waals surface area contributed by atoms with Gasteiger partial charge in [-0.25, -0.2) is 0 Å². The molecule has 0 heterocycles. The molecule has 25 heavy (non-hydrogen) atoms. The first-order valence-corrected chi connectivity index (χ1v) is 7.51. The van der Waals surface area contributed by atoms with Crippen LogP contribution in [0.1, 0.15) is 33.2 Å². The number of carbonyl (C=O) groups is 2. The maximum Gasteiger partial charge on any atom is 0.273 e. The van der Waals surface area contributed by atoms with E-state index in [1.165, 1.54) is 25.1 Å². The predicted octanol–water partition coefficient (Wildman–Crippen LogP) is 2.38. The van der Waals surface area contributed by atoms with Gasteiger partial charge in [-0.2, -0.15) is 0 Å². The number of benzene rings is 2. The number of carbonyl (C=O) groups excluding carboxylic acids is 2. The van der Waals surface area contributed by atoms with Crippen LogP contribution < -0.4 is 15.6 Å². The van der Waals surface area contributed by atoms with Crippen molar-refractivity contribution in [3.8, 4) is 5.75 Å². The number of hydrogen-bond donors (Lipinski definition) is 2. The second-order valence-corrected chi connectivity index (χ2v) is 5.07. The Morgan fingerprint density at radius 3 is 2.32 bits per heavy atom. The van der Waals surface area contributed by atoms with Crippen molar-refractivity contribution in [2.45, 2.75) is 13.8 Å². The van der Waals surface area contributed by atoms with Gasteiger partial charge in [-0.3, -0.25) is 30.6 Å². The monoisotopic (exact) mass is 343 g/mol. The fourth-order valence-corrected chi connectivity index (χ4v) is 2.19. The lowest BCUT2D eigenvalue weighted by Crippen LogP contribution is -2.41. The molecule has 0 radical (unpaired) electrons. The van der Waals surface area contributed by atoms with Gasteiger partial charge in [0.15, 0.2) is 0 Å². The van der Waals surface area contributed by atoms with Gasteiger partial charge in [0, 0.05) is 17.2 Å². The molecule has 0 aromatic heterocycles. The summed E-state index contributed by atoms with van der Waals surface area (Å²) in [4.78, 5) is 34.5. The molecule has 0 aliphatic heterocycles. The van der Waals surface area contributed by atoms with Gasteiger partial charge in [0.25, 0.3) is 17.5 Å². The summed E-state index contributed by atoms with van der Waals surface area (Å²) in [6.45, 7) is 3.84. The number of ether oxygens (including phenoxy) is 1. The fraction of sp³-hybridized carbons (Fsp3) is 0.176. The van der Waals surface area contributed by atoms with E-state index in [1.807, 2.05) is 6.92 Å². The van der Waals surface area contributed by atoms with Crippen LogP contribution >= 0.6 is 0 Å². The van der Waals surface area contributed by atoms with E-state index in [2.05, 4.69) is 10.9 Å². The summed E-state index contributed by atoms with van der Waals surface area (Å²) in [7, 11) is 0. The third-order valence-electron chi connectivity index (χ3n) is 3.46. The van der Waals surface area contributed by atoms with Gasteiger partial charge in [0.1, 0.15) is 5.75 Å². The van der Waals surface area contributed by atoms with Crippen LogP contribution in [0.2, 0.25) is 0 Å². The van der Waals surface area contributed by atoms with Crippen LogP contribution in [0.25, 0.3) is 0 Å². The van der Waals surface area contributed by atoms with Crippen LogP contribution in [0.3, 0.4) is 0 Å². The summed E-state index contributed by atoms with van der Waals surface area (Å²) >= 11 is 0. The molecule has 2 aromatic rings. The lowest BCUT2D eigenvalue weighted by atomic mass is 10.1. The lowest BCUT2D eigenvalue weighted by Gasteiger charge is -2.10. The second kappa shape index (κ2) is 7.91. The third-order valence-corrected chi connectivity index (χ3v) is 3.46. The molecule has 0 spiro atoms. The van der Waals surface area contributed by atoms with Crippen LogP contribution in [0.4, 0.5) is 5.69 Å². The van der Waals surface area contributed by atoms with Crippen LogP contribution in [0.5, 0.6) is 5.75 Å². The van der Waals surface area contributed by atoms with Crippen LogP contribution in [-0.2, 0) is 0 Å². The normalized spacial score (nSPS) is 10.0. The number of rotatable bonds is 5. The van der Waals surface area contributed by atoms with E-state index in [0.29, 0.717) is 17.9 Å². The molecular weight excluding hydrogens is 326 g/mol. The number of nitrogens with zero attached hydrogens (tertiary/aromatic N) is 1. The zero-order chi connectivity index (χ0) is 18.4. The highest BCUT2D eigenvalue weighted by atomic mass is 16.6. The Kier molecular flexibility index (Phi) is 5.67. The fourth-order valence-electron chi connectivity index (χ4n) is 2.19. The molecule has 0 unspecified atom stereocenters. The van der Waals surface area contributed by atoms with E-state index < -0.39 is 16.7 Å². The second-order valence-electron chi connectivity index (χ2n) is 5.07. The third kappa shape index (κ3) is 4.31. The first-order valence-electron chi connectivity index (χ1n) is 7.51. The van der Waals surface area contributed by atoms with E-state index >= 15 is 0 Å².